The van der Waals surface area contributed by atoms with E-state index in [1.165, 1.54) is 31.5 Å². The van der Waals surface area contributed by atoms with Crippen LogP contribution in [-0.4, -0.2) is 34.5 Å². The fourth-order valence-corrected chi connectivity index (χ4v) is 3.43. The Morgan fingerprint density at radius 1 is 0.917 bits per heavy atom. The van der Waals surface area contributed by atoms with Crippen LogP contribution in [0.15, 0.2) is 60.9 Å². The first kappa shape index (κ1) is 15.1. The zero-order valence-corrected chi connectivity index (χ0v) is 13.7. The van der Waals surface area contributed by atoms with Gasteiger partial charge in [0.05, 0.1) is 11.6 Å². The Labute approximate surface area is 142 Å². The molecule has 1 aliphatic heterocycles. The molecule has 4 nitrogen and oxygen atoms in total. The standard InChI is InChI=1S/C20H22N4/c1-2-8-16(9-3-1)19(14-24-12-6-7-13-24)23-20-17-10-4-5-11-18(17)21-15-22-20/h1-5,8-11,15,19H,6-7,12-14H2,(H,21,22,23)/t19-/m0/s1. The number of fused-ring (bicyclic) bond motifs is 1. The summed E-state index contributed by atoms with van der Waals surface area (Å²) in [5, 5.41) is 4.74. The van der Waals surface area contributed by atoms with Crippen molar-refractivity contribution in [3.8, 4) is 0 Å². The largest absolute Gasteiger partial charge is 0.361 e. The van der Waals surface area contributed by atoms with Crippen molar-refractivity contribution in [2.75, 3.05) is 25.0 Å². The molecule has 1 atom stereocenters. The summed E-state index contributed by atoms with van der Waals surface area (Å²) < 4.78 is 0. The highest BCUT2D eigenvalue weighted by Gasteiger charge is 2.20. The van der Waals surface area contributed by atoms with Crippen LogP contribution in [0.2, 0.25) is 0 Å². The second kappa shape index (κ2) is 6.97. The molecule has 0 radical (unpaired) electrons. The average Bonchev–Trinajstić information content (AvgIpc) is 3.15. The topological polar surface area (TPSA) is 41.0 Å². The van der Waals surface area contributed by atoms with E-state index in [-0.39, 0.29) is 6.04 Å². The maximum atomic E-state index is 4.51. The second-order valence-corrected chi connectivity index (χ2v) is 6.35. The molecule has 1 saturated heterocycles. The van der Waals surface area contributed by atoms with Gasteiger partial charge in [-0.15, -0.1) is 0 Å². The van der Waals surface area contributed by atoms with Crippen LogP contribution in [0.3, 0.4) is 0 Å². The first-order chi connectivity index (χ1) is 11.9. The zero-order chi connectivity index (χ0) is 16.2. The number of benzene rings is 2. The molecule has 2 aromatic carbocycles. The summed E-state index contributed by atoms with van der Waals surface area (Å²) >= 11 is 0. The van der Waals surface area contributed by atoms with Crippen LogP contribution in [0.1, 0.15) is 24.4 Å². The Bertz CT molecular complexity index is 792. The second-order valence-electron chi connectivity index (χ2n) is 6.35. The summed E-state index contributed by atoms with van der Waals surface area (Å²) in [6.07, 6.45) is 4.25. The predicted octanol–water partition coefficient (Wildman–Crippen LogP) is 3.88. The lowest BCUT2D eigenvalue weighted by Crippen LogP contribution is -2.29. The summed E-state index contributed by atoms with van der Waals surface area (Å²) in [5.41, 5.74) is 2.27. The van der Waals surface area contributed by atoms with Gasteiger partial charge in [-0.25, -0.2) is 9.97 Å². The Balaban J connectivity index is 1.65. The van der Waals surface area contributed by atoms with Gasteiger partial charge >= 0.3 is 0 Å². The van der Waals surface area contributed by atoms with Crippen molar-refractivity contribution in [1.29, 1.82) is 0 Å². The van der Waals surface area contributed by atoms with Crippen LogP contribution >= 0.6 is 0 Å². The van der Waals surface area contributed by atoms with Gasteiger partial charge in [-0.05, 0) is 43.6 Å². The highest BCUT2D eigenvalue weighted by molar-refractivity contribution is 5.88. The first-order valence-electron chi connectivity index (χ1n) is 8.64. The molecule has 1 fully saturated rings. The summed E-state index contributed by atoms with van der Waals surface area (Å²) in [5.74, 6) is 0.911. The molecule has 0 amide bonds. The normalized spacial score (nSPS) is 16.3. The highest BCUT2D eigenvalue weighted by atomic mass is 15.2. The van der Waals surface area contributed by atoms with Crippen LogP contribution in [-0.2, 0) is 0 Å². The number of nitrogens with zero attached hydrogens (tertiary/aromatic N) is 3. The van der Waals surface area contributed by atoms with Gasteiger partial charge in [0.15, 0.2) is 0 Å². The summed E-state index contributed by atoms with van der Waals surface area (Å²) in [6, 6.07) is 19.0. The average molecular weight is 318 g/mol. The maximum absolute atomic E-state index is 4.51. The van der Waals surface area contributed by atoms with Gasteiger partial charge in [0.1, 0.15) is 12.1 Å². The molecule has 4 heteroatoms. The molecular weight excluding hydrogens is 296 g/mol. The Kier molecular flexibility index (Phi) is 4.38. The van der Waals surface area contributed by atoms with Gasteiger partial charge in [-0.2, -0.15) is 0 Å². The number of likely N-dealkylation sites (tertiary alicyclic amines) is 1. The van der Waals surface area contributed by atoms with Crippen LogP contribution in [0, 0.1) is 0 Å². The lowest BCUT2D eigenvalue weighted by atomic mass is 10.1. The van der Waals surface area contributed by atoms with Gasteiger partial charge in [0.25, 0.3) is 0 Å². The molecule has 0 bridgehead atoms. The van der Waals surface area contributed by atoms with Crippen molar-refractivity contribution in [1.82, 2.24) is 14.9 Å². The quantitative estimate of drug-likeness (QED) is 0.775. The molecular formula is C20H22N4. The van der Waals surface area contributed by atoms with Crippen molar-refractivity contribution in [3.63, 3.8) is 0 Å². The van der Waals surface area contributed by atoms with Gasteiger partial charge in [0, 0.05) is 11.9 Å². The third-order valence-electron chi connectivity index (χ3n) is 4.70. The minimum atomic E-state index is 0.225. The van der Waals surface area contributed by atoms with E-state index in [2.05, 4.69) is 56.6 Å². The molecule has 122 valence electrons. The number of hydrogen-bond acceptors (Lipinski definition) is 4. The van der Waals surface area contributed by atoms with E-state index in [4.69, 9.17) is 0 Å². The molecule has 2 heterocycles. The van der Waals surface area contributed by atoms with Crippen LogP contribution in [0.25, 0.3) is 10.9 Å². The van der Waals surface area contributed by atoms with Gasteiger partial charge < -0.3 is 10.2 Å². The molecule has 4 rings (SSSR count). The van der Waals surface area contributed by atoms with Gasteiger partial charge in [-0.3, -0.25) is 0 Å². The molecule has 24 heavy (non-hydrogen) atoms. The number of para-hydroxylation sites is 1. The smallest absolute Gasteiger partial charge is 0.137 e. The number of nitrogens with one attached hydrogen (secondary N) is 1. The fourth-order valence-electron chi connectivity index (χ4n) is 3.43. The van der Waals surface area contributed by atoms with Crippen LogP contribution < -0.4 is 5.32 Å². The number of rotatable bonds is 5. The highest BCUT2D eigenvalue weighted by Crippen LogP contribution is 2.25. The maximum Gasteiger partial charge on any atom is 0.137 e. The SMILES string of the molecule is c1ccc([C@H](CN2CCCC2)Nc2ncnc3ccccc23)cc1. The van der Waals surface area contributed by atoms with Crippen LogP contribution in [0.5, 0.6) is 0 Å². The third kappa shape index (κ3) is 3.24. The predicted molar refractivity (Wildman–Crippen MR) is 98.0 cm³/mol. The van der Waals surface area contributed by atoms with E-state index in [0.717, 1.165) is 23.3 Å². The van der Waals surface area contributed by atoms with Crippen molar-refractivity contribution < 1.29 is 0 Å². The number of anilines is 1. The third-order valence-corrected chi connectivity index (χ3v) is 4.70. The Hall–Kier alpha value is -2.46. The Morgan fingerprint density at radius 2 is 1.67 bits per heavy atom. The molecule has 1 aromatic heterocycles. The van der Waals surface area contributed by atoms with E-state index in [1.807, 2.05) is 18.2 Å². The summed E-state index contributed by atoms with van der Waals surface area (Å²) in [4.78, 5) is 11.4. The van der Waals surface area contributed by atoms with Crippen LogP contribution in [0.4, 0.5) is 5.82 Å². The minimum Gasteiger partial charge on any atom is -0.361 e. The molecule has 0 unspecified atom stereocenters. The zero-order valence-electron chi connectivity index (χ0n) is 13.7. The fraction of sp³-hybridized carbons (Fsp3) is 0.300. The van der Waals surface area contributed by atoms with Crippen molar-refractivity contribution in [2.24, 2.45) is 0 Å². The van der Waals surface area contributed by atoms with E-state index < -0.39 is 0 Å². The van der Waals surface area contributed by atoms with E-state index in [1.54, 1.807) is 6.33 Å². The van der Waals surface area contributed by atoms with E-state index in [0.29, 0.717) is 0 Å². The molecule has 0 aliphatic carbocycles. The van der Waals surface area contributed by atoms with E-state index >= 15 is 0 Å². The molecule has 0 spiro atoms. The van der Waals surface area contributed by atoms with Gasteiger partial charge in [0.2, 0.25) is 0 Å². The van der Waals surface area contributed by atoms with Crippen molar-refractivity contribution in [3.05, 3.63) is 66.5 Å². The molecule has 1 aliphatic rings. The van der Waals surface area contributed by atoms with Gasteiger partial charge in [-0.1, -0.05) is 42.5 Å². The molecule has 0 saturated carbocycles. The first-order valence-corrected chi connectivity index (χ1v) is 8.64. The lowest BCUT2D eigenvalue weighted by molar-refractivity contribution is 0.323. The summed E-state index contributed by atoms with van der Waals surface area (Å²) in [7, 11) is 0. The van der Waals surface area contributed by atoms with Crippen molar-refractivity contribution in [2.45, 2.75) is 18.9 Å². The minimum absolute atomic E-state index is 0.225. The Morgan fingerprint density at radius 3 is 2.50 bits per heavy atom. The molecule has 3 aromatic rings. The molecule has 1 N–H and O–H groups in total. The van der Waals surface area contributed by atoms with Crippen molar-refractivity contribution >= 4 is 16.7 Å². The lowest BCUT2D eigenvalue weighted by Gasteiger charge is -2.25. The number of hydrogen-bond donors (Lipinski definition) is 1. The number of aromatic nitrogens is 2. The monoisotopic (exact) mass is 318 g/mol. The summed E-state index contributed by atoms with van der Waals surface area (Å²) in [6.45, 7) is 3.38. The van der Waals surface area contributed by atoms with E-state index in [9.17, 15) is 0 Å².